The summed E-state index contributed by atoms with van der Waals surface area (Å²) >= 11 is 0. The van der Waals surface area contributed by atoms with Gasteiger partial charge in [0.2, 0.25) is 0 Å². The second kappa shape index (κ2) is 3.88. The molecule has 0 aliphatic carbocycles. The molecule has 98 valence electrons. The number of hydrogen-bond acceptors (Lipinski definition) is 4. The lowest BCUT2D eigenvalue weighted by molar-refractivity contribution is 0.188. The third-order valence-electron chi connectivity index (χ3n) is 3.51. The largest absolute Gasteiger partial charge is 0.493 e. The van der Waals surface area contributed by atoms with Crippen LogP contribution >= 0.6 is 0 Å². The standard InChI is InChI=1S/C13H17NO3S/c1-13(8-18(15,16)9-13)7-17-11-2-3-12-10(6-11)4-5-14-12/h2-3,6,14H,4-5,7-9H2,1H3. The van der Waals surface area contributed by atoms with Crippen LogP contribution in [-0.4, -0.2) is 33.1 Å². The first-order valence-corrected chi connectivity index (χ1v) is 7.98. The van der Waals surface area contributed by atoms with E-state index in [9.17, 15) is 8.42 Å². The van der Waals surface area contributed by atoms with Crippen LogP contribution in [0.15, 0.2) is 18.2 Å². The highest BCUT2D eigenvalue weighted by molar-refractivity contribution is 7.92. The summed E-state index contributed by atoms with van der Waals surface area (Å²) in [5.41, 5.74) is 2.24. The first kappa shape index (κ1) is 11.8. The van der Waals surface area contributed by atoms with Gasteiger partial charge in [0.1, 0.15) is 5.75 Å². The van der Waals surface area contributed by atoms with E-state index in [2.05, 4.69) is 5.32 Å². The van der Waals surface area contributed by atoms with Crippen LogP contribution < -0.4 is 10.1 Å². The van der Waals surface area contributed by atoms with Crippen molar-refractivity contribution < 1.29 is 13.2 Å². The van der Waals surface area contributed by atoms with Crippen molar-refractivity contribution in [2.24, 2.45) is 5.41 Å². The number of sulfone groups is 1. The lowest BCUT2D eigenvalue weighted by atomic mass is 9.96. The van der Waals surface area contributed by atoms with Gasteiger partial charge in [-0.2, -0.15) is 0 Å². The van der Waals surface area contributed by atoms with Gasteiger partial charge in [-0.25, -0.2) is 8.42 Å². The van der Waals surface area contributed by atoms with Crippen molar-refractivity contribution in [3.8, 4) is 5.75 Å². The van der Waals surface area contributed by atoms with Gasteiger partial charge in [0.05, 0.1) is 18.1 Å². The van der Waals surface area contributed by atoms with Crippen LogP contribution in [0.1, 0.15) is 12.5 Å². The van der Waals surface area contributed by atoms with Gasteiger partial charge in [-0.1, -0.05) is 6.92 Å². The lowest BCUT2D eigenvalue weighted by Crippen LogP contribution is -2.49. The number of hydrogen-bond donors (Lipinski definition) is 1. The highest BCUT2D eigenvalue weighted by Crippen LogP contribution is 2.34. The van der Waals surface area contributed by atoms with Crippen LogP contribution in [-0.2, 0) is 16.3 Å². The molecule has 18 heavy (non-hydrogen) atoms. The fourth-order valence-corrected chi connectivity index (χ4v) is 4.94. The average molecular weight is 267 g/mol. The Hall–Kier alpha value is -1.23. The van der Waals surface area contributed by atoms with E-state index in [1.165, 1.54) is 11.3 Å². The molecule has 0 atom stereocenters. The van der Waals surface area contributed by atoms with E-state index in [1.54, 1.807) is 0 Å². The van der Waals surface area contributed by atoms with Crippen molar-refractivity contribution in [1.82, 2.24) is 0 Å². The third-order valence-corrected chi connectivity index (χ3v) is 5.78. The van der Waals surface area contributed by atoms with Gasteiger partial charge in [0.25, 0.3) is 0 Å². The highest BCUT2D eigenvalue weighted by Gasteiger charge is 2.45. The fraction of sp³-hybridized carbons (Fsp3) is 0.538. The number of ether oxygens (including phenoxy) is 1. The maximum absolute atomic E-state index is 11.2. The van der Waals surface area contributed by atoms with E-state index in [0.29, 0.717) is 6.61 Å². The Kier molecular flexibility index (Phi) is 2.55. The molecular weight excluding hydrogens is 250 g/mol. The van der Waals surface area contributed by atoms with Crippen molar-refractivity contribution in [3.05, 3.63) is 23.8 Å². The van der Waals surface area contributed by atoms with Crippen LogP contribution in [0, 0.1) is 5.41 Å². The van der Waals surface area contributed by atoms with Crippen LogP contribution in [0.5, 0.6) is 5.75 Å². The van der Waals surface area contributed by atoms with E-state index >= 15 is 0 Å². The summed E-state index contributed by atoms with van der Waals surface area (Å²) in [4.78, 5) is 0. The molecule has 0 radical (unpaired) electrons. The molecule has 0 amide bonds. The van der Waals surface area contributed by atoms with Crippen molar-refractivity contribution in [1.29, 1.82) is 0 Å². The van der Waals surface area contributed by atoms with Gasteiger partial charge < -0.3 is 10.1 Å². The monoisotopic (exact) mass is 267 g/mol. The Morgan fingerprint density at radius 1 is 1.39 bits per heavy atom. The molecule has 2 heterocycles. The van der Waals surface area contributed by atoms with E-state index < -0.39 is 9.84 Å². The van der Waals surface area contributed by atoms with Crippen LogP contribution in [0.4, 0.5) is 5.69 Å². The molecule has 5 heteroatoms. The molecule has 2 aliphatic heterocycles. The predicted octanol–water partition coefficient (Wildman–Crippen LogP) is 1.47. The van der Waals surface area contributed by atoms with Crippen molar-refractivity contribution in [2.45, 2.75) is 13.3 Å². The normalized spacial score (nSPS) is 22.7. The van der Waals surface area contributed by atoms with Gasteiger partial charge >= 0.3 is 0 Å². The SMILES string of the molecule is CC1(COc2ccc3c(c2)CCN3)CS(=O)(=O)C1. The quantitative estimate of drug-likeness (QED) is 0.901. The topological polar surface area (TPSA) is 55.4 Å². The minimum absolute atomic E-state index is 0.212. The van der Waals surface area contributed by atoms with Crippen LogP contribution in [0.3, 0.4) is 0 Å². The maximum Gasteiger partial charge on any atom is 0.151 e. The van der Waals surface area contributed by atoms with E-state index in [-0.39, 0.29) is 16.9 Å². The summed E-state index contributed by atoms with van der Waals surface area (Å²) in [7, 11) is -2.79. The van der Waals surface area contributed by atoms with E-state index in [0.717, 1.165) is 18.7 Å². The van der Waals surface area contributed by atoms with Gasteiger partial charge in [-0.05, 0) is 30.2 Å². The summed E-state index contributed by atoms with van der Waals surface area (Å²) in [6, 6.07) is 6.01. The van der Waals surface area contributed by atoms with Crippen molar-refractivity contribution in [2.75, 3.05) is 30.0 Å². The molecule has 0 saturated carbocycles. The lowest BCUT2D eigenvalue weighted by Gasteiger charge is -2.37. The number of nitrogens with one attached hydrogen (secondary N) is 1. The van der Waals surface area contributed by atoms with Crippen LogP contribution in [0.25, 0.3) is 0 Å². The number of benzene rings is 1. The zero-order valence-corrected chi connectivity index (χ0v) is 11.2. The third kappa shape index (κ3) is 2.19. The molecule has 3 rings (SSSR count). The van der Waals surface area contributed by atoms with Crippen molar-refractivity contribution >= 4 is 15.5 Å². The summed E-state index contributed by atoms with van der Waals surface area (Å²) in [6.45, 7) is 3.41. The molecule has 1 saturated heterocycles. The van der Waals surface area contributed by atoms with Gasteiger partial charge in [0, 0.05) is 17.6 Å². The number of fused-ring (bicyclic) bond motifs is 1. The second-order valence-electron chi connectivity index (χ2n) is 5.63. The Bertz CT molecular complexity index is 568. The summed E-state index contributed by atoms with van der Waals surface area (Å²) < 4.78 is 28.1. The van der Waals surface area contributed by atoms with Crippen LogP contribution in [0.2, 0.25) is 0 Å². The van der Waals surface area contributed by atoms with Crippen molar-refractivity contribution in [3.63, 3.8) is 0 Å². The van der Waals surface area contributed by atoms with E-state index in [1.807, 2.05) is 25.1 Å². The first-order valence-electron chi connectivity index (χ1n) is 6.16. The molecule has 1 aromatic rings. The molecule has 0 aromatic heterocycles. The molecule has 1 fully saturated rings. The fourth-order valence-electron chi connectivity index (χ4n) is 2.73. The second-order valence-corrected chi connectivity index (χ2v) is 7.69. The van der Waals surface area contributed by atoms with E-state index in [4.69, 9.17) is 4.74 Å². The molecule has 0 spiro atoms. The van der Waals surface area contributed by atoms with Gasteiger partial charge in [0.15, 0.2) is 9.84 Å². The molecule has 0 bridgehead atoms. The highest BCUT2D eigenvalue weighted by atomic mass is 32.2. The maximum atomic E-state index is 11.2. The Labute approximate surface area is 107 Å². The molecule has 4 nitrogen and oxygen atoms in total. The van der Waals surface area contributed by atoms with Gasteiger partial charge in [-0.3, -0.25) is 0 Å². The van der Waals surface area contributed by atoms with Gasteiger partial charge in [-0.15, -0.1) is 0 Å². The molecular formula is C13H17NO3S. The Morgan fingerprint density at radius 3 is 2.89 bits per heavy atom. The summed E-state index contributed by atoms with van der Waals surface area (Å²) in [5.74, 6) is 1.32. The number of anilines is 1. The smallest absolute Gasteiger partial charge is 0.151 e. The number of rotatable bonds is 3. The Balaban J connectivity index is 1.64. The molecule has 1 N–H and O–H groups in total. The average Bonchev–Trinajstić information content (AvgIpc) is 2.70. The molecule has 0 unspecified atom stereocenters. The predicted molar refractivity (Wildman–Crippen MR) is 70.9 cm³/mol. The molecule has 1 aromatic carbocycles. The first-order chi connectivity index (χ1) is 8.46. The summed E-state index contributed by atoms with van der Waals surface area (Å²) in [5, 5.41) is 3.30. The minimum Gasteiger partial charge on any atom is -0.493 e. The minimum atomic E-state index is -2.79. The summed E-state index contributed by atoms with van der Waals surface area (Å²) in [6.07, 6.45) is 1.03. The Morgan fingerprint density at radius 2 is 2.17 bits per heavy atom. The zero-order valence-electron chi connectivity index (χ0n) is 10.4. The molecule has 2 aliphatic rings. The zero-order chi connectivity index (χ0) is 12.8.